The second kappa shape index (κ2) is 8.48. The van der Waals surface area contributed by atoms with E-state index in [0.29, 0.717) is 11.5 Å². The highest BCUT2D eigenvalue weighted by atomic mass is 19.4. The molecule has 5 nitrogen and oxygen atoms in total. The number of rotatable bonds is 4. The van der Waals surface area contributed by atoms with Crippen LogP contribution in [0.5, 0.6) is 5.75 Å². The Bertz CT molecular complexity index is 1080. The van der Waals surface area contributed by atoms with Gasteiger partial charge in [0, 0.05) is 6.54 Å². The first-order valence-corrected chi connectivity index (χ1v) is 11.8. The average Bonchev–Trinajstić information content (AvgIpc) is 3.02. The monoisotopic (exact) mass is 474 g/mol. The molecule has 8 heteroatoms. The summed E-state index contributed by atoms with van der Waals surface area (Å²) in [6.07, 6.45) is -2.31. The van der Waals surface area contributed by atoms with Gasteiger partial charge >= 0.3 is 12.5 Å². The van der Waals surface area contributed by atoms with E-state index in [1.807, 2.05) is 18.2 Å². The Balaban J connectivity index is 1.35. The topological polar surface area (TPSA) is 50.8 Å². The molecule has 182 valence electrons. The molecule has 3 fully saturated rings. The highest BCUT2D eigenvalue weighted by molar-refractivity contribution is 5.71. The lowest BCUT2D eigenvalue weighted by molar-refractivity contribution is -0.274. The number of carbonyl (C=O) groups is 1. The van der Waals surface area contributed by atoms with Gasteiger partial charge in [-0.15, -0.1) is 13.2 Å². The predicted molar refractivity (Wildman–Crippen MR) is 121 cm³/mol. The number of carbonyl (C=O) groups excluding carboxylic acids is 1. The number of benzene rings is 2. The SMILES string of the molecule is CC1(C)Cc2ccc(-c3cccc(OC(F)(F)F)c3)cc2C1NC(=O)O[C@H]1CN2CCC1CC2. The molecule has 2 atom stereocenters. The number of nitrogens with one attached hydrogen (secondary N) is 1. The van der Waals surface area contributed by atoms with Gasteiger partial charge in [-0.3, -0.25) is 4.90 Å². The van der Waals surface area contributed by atoms with Crippen molar-refractivity contribution in [2.45, 2.75) is 51.6 Å². The molecule has 3 aliphatic heterocycles. The smallest absolute Gasteiger partial charge is 0.445 e. The van der Waals surface area contributed by atoms with E-state index in [0.717, 1.165) is 55.6 Å². The van der Waals surface area contributed by atoms with E-state index < -0.39 is 12.5 Å². The summed E-state index contributed by atoms with van der Waals surface area (Å²) in [7, 11) is 0. The molecule has 2 aromatic carbocycles. The molecular weight excluding hydrogens is 445 g/mol. The van der Waals surface area contributed by atoms with Gasteiger partial charge in [0.1, 0.15) is 11.9 Å². The van der Waals surface area contributed by atoms with Gasteiger partial charge in [-0.1, -0.05) is 38.1 Å². The minimum absolute atomic E-state index is 0.0748. The van der Waals surface area contributed by atoms with Crippen LogP contribution in [0.15, 0.2) is 42.5 Å². The minimum Gasteiger partial charge on any atom is -0.445 e. The van der Waals surface area contributed by atoms with E-state index in [4.69, 9.17) is 4.74 Å². The number of hydrogen-bond donors (Lipinski definition) is 1. The van der Waals surface area contributed by atoms with Gasteiger partial charge in [-0.25, -0.2) is 4.79 Å². The van der Waals surface area contributed by atoms with Crippen molar-refractivity contribution in [3.63, 3.8) is 0 Å². The van der Waals surface area contributed by atoms with Crippen LogP contribution in [-0.4, -0.2) is 43.1 Å². The first-order valence-electron chi connectivity index (χ1n) is 11.8. The van der Waals surface area contributed by atoms with Gasteiger partial charge in [0.2, 0.25) is 0 Å². The van der Waals surface area contributed by atoms with Crippen LogP contribution in [0.1, 0.15) is 43.9 Å². The molecule has 0 radical (unpaired) electrons. The molecule has 3 saturated heterocycles. The normalized spacial score (nSPS) is 27.2. The van der Waals surface area contributed by atoms with Crippen LogP contribution in [0.4, 0.5) is 18.0 Å². The summed E-state index contributed by atoms with van der Waals surface area (Å²) >= 11 is 0. The molecule has 0 saturated carbocycles. The van der Waals surface area contributed by atoms with Crippen molar-refractivity contribution in [1.29, 1.82) is 0 Å². The standard InChI is InChI=1S/C26H29F3N2O3/c1-25(2)14-19-7-6-18(17-4-3-5-20(12-17)34-26(27,28)29)13-21(19)23(25)30-24(32)33-22-15-31-10-8-16(22)9-11-31/h3-7,12-13,16,22-23H,8-11,14-15H2,1-2H3,(H,30,32)/t22-,23?/m0/s1. The molecule has 1 N–H and O–H groups in total. The van der Waals surface area contributed by atoms with E-state index >= 15 is 0 Å². The Labute approximate surface area is 197 Å². The van der Waals surface area contributed by atoms with Crippen LogP contribution in [0.3, 0.4) is 0 Å². The zero-order valence-corrected chi connectivity index (χ0v) is 19.3. The number of ether oxygens (including phenoxy) is 2. The number of amides is 1. The van der Waals surface area contributed by atoms with Crippen LogP contribution < -0.4 is 10.1 Å². The van der Waals surface area contributed by atoms with Crippen LogP contribution in [0.25, 0.3) is 11.1 Å². The molecule has 4 aliphatic rings. The largest absolute Gasteiger partial charge is 0.573 e. The van der Waals surface area contributed by atoms with Gasteiger partial charge in [0.25, 0.3) is 0 Å². The molecule has 1 unspecified atom stereocenters. The number of hydrogen-bond acceptors (Lipinski definition) is 4. The fourth-order valence-electron chi connectivity index (χ4n) is 5.70. The lowest BCUT2D eigenvalue weighted by Gasteiger charge is -2.44. The summed E-state index contributed by atoms with van der Waals surface area (Å²) in [5, 5.41) is 3.10. The van der Waals surface area contributed by atoms with Crippen molar-refractivity contribution < 1.29 is 27.4 Å². The molecule has 1 aliphatic carbocycles. The fraction of sp³-hybridized carbons (Fsp3) is 0.500. The van der Waals surface area contributed by atoms with Crippen LogP contribution in [0.2, 0.25) is 0 Å². The molecule has 0 aromatic heterocycles. The second-order valence-corrected chi connectivity index (χ2v) is 10.3. The van der Waals surface area contributed by atoms with Crippen molar-refractivity contribution in [3.8, 4) is 16.9 Å². The van der Waals surface area contributed by atoms with E-state index in [2.05, 4.69) is 28.8 Å². The molecule has 0 spiro atoms. The molecule has 34 heavy (non-hydrogen) atoms. The zero-order chi connectivity index (χ0) is 24.1. The van der Waals surface area contributed by atoms with Crippen LogP contribution in [-0.2, 0) is 11.2 Å². The van der Waals surface area contributed by atoms with Crippen molar-refractivity contribution in [2.75, 3.05) is 19.6 Å². The van der Waals surface area contributed by atoms with Crippen LogP contribution >= 0.6 is 0 Å². The number of halogens is 3. The van der Waals surface area contributed by atoms with Crippen molar-refractivity contribution in [3.05, 3.63) is 53.6 Å². The van der Waals surface area contributed by atoms with Gasteiger partial charge < -0.3 is 14.8 Å². The Morgan fingerprint density at radius 2 is 1.82 bits per heavy atom. The van der Waals surface area contributed by atoms with E-state index in [9.17, 15) is 18.0 Å². The summed E-state index contributed by atoms with van der Waals surface area (Å²) in [6.45, 7) is 7.15. The Morgan fingerprint density at radius 3 is 2.50 bits per heavy atom. The number of piperidine rings is 3. The molecule has 3 heterocycles. The lowest BCUT2D eigenvalue weighted by Crippen LogP contribution is -2.53. The van der Waals surface area contributed by atoms with Crippen molar-refractivity contribution in [2.24, 2.45) is 11.3 Å². The van der Waals surface area contributed by atoms with E-state index in [1.54, 1.807) is 6.07 Å². The number of nitrogens with zero attached hydrogens (tertiary/aromatic N) is 1. The zero-order valence-electron chi connectivity index (χ0n) is 19.3. The maximum atomic E-state index is 12.9. The predicted octanol–water partition coefficient (Wildman–Crippen LogP) is 5.70. The Hall–Kier alpha value is -2.74. The second-order valence-electron chi connectivity index (χ2n) is 10.3. The summed E-state index contributed by atoms with van der Waals surface area (Å²) in [5.74, 6) is 0.166. The summed E-state index contributed by atoms with van der Waals surface area (Å²) in [5.41, 5.74) is 3.24. The summed E-state index contributed by atoms with van der Waals surface area (Å²) in [4.78, 5) is 15.2. The highest BCUT2D eigenvalue weighted by Crippen LogP contribution is 2.46. The Kier molecular flexibility index (Phi) is 5.74. The molecule has 2 bridgehead atoms. The number of alkyl halides is 3. The summed E-state index contributed by atoms with van der Waals surface area (Å²) < 4.78 is 47.9. The van der Waals surface area contributed by atoms with Gasteiger partial charge in [-0.05, 0) is 84.1 Å². The molecular formula is C26H29F3N2O3. The molecule has 6 rings (SSSR count). The van der Waals surface area contributed by atoms with Crippen LogP contribution in [0, 0.1) is 11.3 Å². The van der Waals surface area contributed by atoms with Gasteiger partial charge in [0.05, 0.1) is 6.04 Å². The van der Waals surface area contributed by atoms with Gasteiger partial charge in [0.15, 0.2) is 0 Å². The first-order chi connectivity index (χ1) is 16.1. The lowest BCUT2D eigenvalue weighted by atomic mass is 9.85. The van der Waals surface area contributed by atoms with Crippen molar-refractivity contribution >= 4 is 6.09 Å². The quantitative estimate of drug-likeness (QED) is 0.618. The van der Waals surface area contributed by atoms with Gasteiger partial charge in [-0.2, -0.15) is 0 Å². The number of alkyl carbamates (subject to hydrolysis) is 1. The average molecular weight is 475 g/mol. The minimum atomic E-state index is -4.75. The molecule has 1 amide bonds. The highest BCUT2D eigenvalue weighted by Gasteiger charge is 2.42. The third kappa shape index (κ3) is 4.73. The summed E-state index contributed by atoms with van der Waals surface area (Å²) in [6, 6.07) is 11.5. The van der Waals surface area contributed by atoms with E-state index in [-0.39, 0.29) is 23.3 Å². The van der Waals surface area contributed by atoms with Crippen molar-refractivity contribution in [1.82, 2.24) is 10.2 Å². The Morgan fingerprint density at radius 1 is 1.09 bits per heavy atom. The third-order valence-electron chi connectivity index (χ3n) is 7.40. The maximum absolute atomic E-state index is 12.9. The van der Waals surface area contributed by atoms with E-state index in [1.165, 1.54) is 18.2 Å². The molecule has 2 aromatic rings. The first kappa shape index (κ1) is 23.0. The third-order valence-corrected chi connectivity index (χ3v) is 7.40. The fourth-order valence-corrected chi connectivity index (χ4v) is 5.70. The maximum Gasteiger partial charge on any atom is 0.573 e. The number of fused-ring (bicyclic) bond motifs is 4.